The zero-order valence-electron chi connectivity index (χ0n) is 18.3. The predicted molar refractivity (Wildman–Crippen MR) is 120 cm³/mol. The number of benzene rings is 2. The van der Waals surface area contributed by atoms with Crippen LogP contribution in [0.25, 0.3) is 0 Å². The van der Waals surface area contributed by atoms with Crippen molar-refractivity contribution in [2.24, 2.45) is 0 Å². The molecular formula is C25H37NO2. The molecule has 0 aliphatic heterocycles. The summed E-state index contributed by atoms with van der Waals surface area (Å²) in [6.45, 7) is 12.5. The summed E-state index contributed by atoms with van der Waals surface area (Å²) in [7, 11) is 0. The van der Waals surface area contributed by atoms with Crippen molar-refractivity contribution in [1.82, 2.24) is 0 Å². The van der Waals surface area contributed by atoms with Gasteiger partial charge in [0.2, 0.25) is 0 Å². The second-order valence-electron chi connectivity index (χ2n) is 8.52. The summed E-state index contributed by atoms with van der Waals surface area (Å²) in [5.74, 6) is 1.83. The third kappa shape index (κ3) is 7.84. The number of unbranched alkanes of at least 4 members (excludes halogenated alkanes) is 3. The Bertz CT molecular complexity index is 688. The Morgan fingerprint density at radius 1 is 0.929 bits per heavy atom. The van der Waals surface area contributed by atoms with E-state index in [2.05, 4.69) is 76.3 Å². The standard InChI is InChI=1S/C25H37NO2/c1-6-7-8-9-17-27-24-12-10-11-22(18-24)26-19-20(2)28-23-15-13-21(14-16-23)25(3,4)5/h10-16,18,20,26H,6-9,17,19H2,1-5H3. The van der Waals surface area contributed by atoms with Crippen LogP contribution < -0.4 is 14.8 Å². The minimum atomic E-state index is 0.0686. The minimum Gasteiger partial charge on any atom is -0.494 e. The van der Waals surface area contributed by atoms with Gasteiger partial charge in [-0.15, -0.1) is 0 Å². The number of hydrogen-bond acceptors (Lipinski definition) is 3. The lowest BCUT2D eigenvalue weighted by Gasteiger charge is -2.20. The van der Waals surface area contributed by atoms with Gasteiger partial charge in [0.15, 0.2) is 0 Å². The largest absolute Gasteiger partial charge is 0.494 e. The Balaban J connectivity index is 1.77. The van der Waals surface area contributed by atoms with Gasteiger partial charge in [0.05, 0.1) is 13.2 Å². The van der Waals surface area contributed by atoms with E-state index in [0.717, 1.165) is 36.8 Å². The molecule has 0 amide bonds. The zero-order chi connectivity index (χ0) is 20.4. The highest BCUT2D eigenvalue weighted by Crippen LogP contribution is 2.25. The van der Waals surface area contributed by atoms with Gasteiger partial charge < -0.3 is 14.8 Å². The molecule has 154 valence electrons. The molecule has 2 aromatic carbocycles. The van der Waals surface area contributed by atoms with Gasteiger partial charge in [0, 0.05) is 11.8 Å². The van der Waals surface area contributed by atoms with Gasteiger partial charge in [0.1, 0.15) is 17.6 Å². The Labute approximate surface area is 171 Å². The lowest BCUT2D eigenvalue weighted by Crippen LogP contribution is -2.22. The first-order valence-electron chi connectivity index (χ1n) is 10.6. The fraction of sp³-hybridized carbons (Fsp3) is 0.520. The van der Waals surface area contributed by atoms with E-state index in [1.807, 2.05) is 12.1 Å². The maximum absolute atomic E-state index is 6.04. The number of rotatable bonds is 11. The highest BCUT2D eigenvalue weighted by molar-refractivity contribution is 5.48. The number of anilines is 1. The molecule has 0 heterocycles. The van der Waals surface area contributed by atoms with E-state index < -0.39 is 0 Å². The van der Waals surface area contributed by atoms with Gasteiger partial charge in [-0.2, -0.15) is 0 Å². The van der Waals surface area contributed by atoms with Gasteiger partial charge in [-0.1, -0.05) is 65.2 Å². The molecule has 28 heavy (non-hydrogen) atoms. The Hall–Kier alpha value is -2.16. The van der Waals surface area contributed by atoms with Crippen LogP contribution >= 0.6 is 0 Å². The van der Waals surface area contributed by atoms with Crippen molar-refractivity contribution < 1.29 is 9.47 Å². The molecule has 0 aromatic heterocycles. The monoisotopic (exact) mass is 383 g/mol. The summed E-state index contributed by atoms with van der Waals surface area (Å²) in [4.78, 5) is 0. The molecule has 0 spiro atoms. The molecule has 0 radical (unpaired) electrons. The molecule has 0 saturated heterocycles. The maximum Gasteiger partial charge on any atom is 0.121 e. The first-order chi connectivity index (χ1) is 13.4. The summed E-state index contributed by atoms with van der Waals surface area (Å²) in [5, 5.41) is 3.45. The van der Waals surface area contributed by atoms with Crippen LogP contribution in [-0.2, 0) is 5.41 Å². The molecular weight excluding hydrogens is 346 g/mol. The van der Waals surface area contributed by atoms with E-state index in [-0.39, 0.29) is 11.5 Å². The average molecular weight is 384 g/mol. The maximum atomic E-state index is 6.04. The van der Waals surface area contributed by atoms with Crippen molar-refractivity contribution in [2.75, 3.05) is 18.5 Å². The van der Waals surface area contributed by atoms with Gasteiger partial charge in [-0.3, -0.25) is 0 Å². The van der Waals surface area contributed by atoms with E-state index in [4.69, 9.17) is 9.47 Å². The van der Waals surface area contributed by atoms with Gasteiger partial charge in [0.25, 0.3) is 0 Å². The predicted octanol–water partition coefficient (Wildman–Crippen LogP) is 6.82. The van der Waals surface area contributed by atoms with Crippen LogP contribution in [0.4, 0.5) is 5.69 Å². The molecule has 3 nitrogen and oxygen atoms in total. The molecule has 1 atom stereocenters. The van der Waals surface area contributed by atoms with Crippen molar-refractivity contribution in [2.45, 2.75) is 71.8 Å². The smallest absolute Gasteiger partial charge is 0.121 e. The van der Waals surface area contributed by atoms with E-state index in [1.54, 1.807) is 0 Å². The van der Waals surface area contributed by atoms with Crippen LogP contribution in [0.5, 0.6) is 11.5 Å². The van der Waals surface area contributed by atoms with Gasteiger partial charge in [-0.05, 0) is 48.6 Å². The molecule has 3 heteroatoms. The topological polar surface area (TPSA) is 30.5 Å². The third-order valence-corrected chi connectivity index (χ3v) is 4.75. The molecule has 0 aliphatic carbocycles. The minimum absolute atomic E-state index is 0.0686. The van der Waals surface area contributed by atoms with Crippen LogP contribution in [0.3, 0.4) is 0 Å². The zero-order valence-corrected chi connectivity index (χ0v) is 18.3. The van der Waals surface area contributed by atoms with Crippen LogP contribution in [0, 0.1) is 0 Å². The highest BCUT2D eigenvalue weighted by Gasteiger charge is 2.13. The van der Waals surface area contributed by atoms with Gasteiger partial charge in [-0.25, -0.2) is 0 Å². The van der Waals surface area contributed by atoms with Crippen LogP contribution in [0.1, 0.15) is 65.9 Å². The van der Waals surface area contributed by atoms with E-state index in [9.17, 15) is 0 Å². The van der Waals surface area contributed by atoms with Crippen molar-refractivity contribution >= 4 is 5.69 Å². The summed E-state index contributed by atoms with van der Waals surface area (Å²) in [6.07, 6.45) is 4.95. The van der Waals surface area contributed by atoms with Crippen LogP contribution in [0.2, 0.25) is 0 Å². The molecule has 0 fully saturated rings. The number of nitrogens with one attached hydrogen (secondary N) is 1. The first-order valence-corrected chi connectivity index (χ1v) is 10.6. The molecule has 2 rings (SSSR count). The summed E-state index contributed by atoms with van der Waals surface area (Å²) in [6, 6.07) is 16.6. The molecule has 0 aliphatic rings. The summed E-state index contributed by atoms with van der Waals surface area (Å²) in [5.41, 5.74) is 2.54. The molecule has 1 N–H and O–H groups in total. The fourth-order valence-corrected chi connectivity index (χ4v) is 2.98. The molecule has 2 aromatic rings. The second-order valence-corrected chi connectivity index (χ2v) is 8.52. The van der Waals surface area contributed by atoms with E-state index in [1.165, 1.54) is 24.8 Å². The third-order valence-electron chi connectivity index (χ3n) is 4.75. The fourth-order valence-electron chi connectivity index (χ4n) is 2.98. The van der Waals surface area contributed by atoms with Crippen LogP contribution in [-0.4, -0.2) is 19.3 Å². The normalized spacial score (nSPS) is 12.5. The lowest BCUT2D eigenvalue weighted by atomic mass is 9.87. The highest BCUT2D eigenvalue weighted by atomic mass is 16.5. The SMILES string of the molecule is CCCCCCOc1cccc(NCC(C)Oc2ccc(C(C)(C)C)cc2)c1. The summed E-state index contributed by atoms with van der Waals surface area (Å²) >= 11 is 0. The number of hydrogen-bond donors (Lipinski definition) is 1. The first kappa shape index (κ1) is 22.1. The molecule has 0 saturated carbocycles. The van der Waals surface area contributed by atoms with Crippen molar-refractivity contribution in [3.05, 3.63) is 54.1 Å². The number of ether oxygens (including phenoxy) is 2. The molecule has 0 bridgehead atoms. The summed E-state index contributed by atoms with van der Waals surface area (Å²) < 4.78 is 11.9. The van der Waals surface area contributed by atoms with E-state index >= 15 is 0 Å². The van der Waals surface area contributed by atoms with Crippen molar-refractivity contribution in [3.63, 3.8) is 0 Å². The molecule has 1 unspecified atom stereocenters. The van der Waals surface area contributed by atoms with E-state index in [0.29, 0.717) is 0 Å². The van der Waals surface area contributed by atoms with Gasteiger partial charge >= 0.3 is 0 Å². The van der Waals surface area contributed by atoms with Crippen molar-refractivity contribution in [3.8, 4) is 11.5 Å². The second kappa shape index (κ2) is 11.0. The quantitative estimate of drug-likeness (QED) is 0.432. The Morgan fingerprint density at radius 2 is 1.68 bits per heavy atom. The Kier molecular flexibility index (Phi) is 8.69. The average Bonchev–Trinajstić information content (AvgIpc) is 2.66. The Morgan fingerprint density at radius 3 is 2.36 bits per heavy atom. The van der Waals surface area contributed by atoms with Crippen LogP contribution in [0.15, 0.2) is 48.5 Å². The lowest BCUT2D eigenvalue weighted by molar-refractivity contribution is 0.234. The van der Waals surface area contributed by atoms with Crippen molar-refractivity contribution in [1.29, 1.82) is 0 Å².